The zero-order valence-corrected chi connectivity index (χ0v) is 10.8. The van der Waals surface area contributed by atoms with E-state index in [-0.39, 0.29) is 0 Å². The normalized spacial score (nSPS) is 18.3. The van der Waals surface area contributed by atoms with Gasteiger partial charge in [0.25, 0.3) is 0 Å². The van der Waals surface area contributed by atoms with E-state index in [0.717, 1.165) is 5.69 Å². The summed E-state index contributed by atoms with van der Waals surface area (Å²) in [7, 11) is 1.85. The lowest BCUT2D eigenvalue weighted by Crippen LogP contribution is -2.56. The second-order valence-corrected chi connectivity index (χ2v) is 4.84. The second kappa shape index (κ2) is 4.98. The number of anilines is 1. The predicted molar refractivity (Wildman–Crippen MR) is 70.0 cm³/mol. The van der Waals surface area contributed by atoms with Gasteiger partial charge in [-0.05, 0) is 19.1 Å². The molecular weight excluding hydrogens is 230 g/mol. The lowest BCUT2D eigenvalue weighted by atomic mass is 9.88. The molecule has 1 heterocycles. The standard InChI is InChI=1S/C14H19NO3/c1-11-3-5-12(6-4-11)15(2)14(13(16)17)7-9-18-10-8-14/h3-6H,7-10H2,1-2H3,(H,16,17). The van der Waals surface area contributed by atoms with Gasteiger partial charge in [-0.15, -0.1) is 0 Å². The molecule has 0 aromatic heterocycles. The van der Waals surface area contributed by atoms with E-state index < -0.39 is 11.5 Å². The molecule has 1 N–H and O–H groups in total. The van der Waals surface area contributed by atoms with Crippen molar-refractivity contribution in [2.45, 2.75) is 25.3 Å². The van der Waals surface area contributed by atoms with Crippen LogP contribution in [0.2, 0.25) is 0 Å². The molecule has 2 rings (SSSR count). The Morgan fingerprint density at radius 3 is 2.33 bits per heavy atom. The summed E-state index contributed by atoms with van der Waals surface area (Å²) >= 11 is 0. The molecule has 1 aliphatic rings. The van der Waals surface area contributed by atoms with Gasteiger partial charge in [0.15, 0.2) is 0 Å². The molecule has 1 aromatic rings. The predicted octanol–water partition coefficient (Wildman–Crippen LogP) is 2.07. The van der Waals surface area contributed by atoms with Gasteiger partial charge in [0.2, 0.25) is 0 Å². The van der Waals surface area contributed by atoms with E-state index in [1.165, 1.54) is 5.56 Å². The average Bonchev–Trinajstić information content (AvgIpc) is 2.39. The Hall–Kier alpha value is -1.55. The SMILES string of the molecule is Cc1ccc(N(C)C2(C(=O)O)CCOCC2)cc1. The fourth-order valence-corrected chi connectivity index (χ4v) is 2.42. The first kappa shape index (κ1) is 12.9. The summed E-state index contributed by atoms with van der Waals surface area (Å²) in [6.07, 6.45) is 1.04. The molecule has 0 amide bonds. The van der Waals surface area contributed by atoms with Gasteiger partial charge in [-0.3, -0.25) is 0 Å². The molecule has 4 heteroatoms. The highest BCUT2D eigenvalue weighted by molar-refractivity contribution is 5.83. The van der Waals surface area contributed by atoms with E-state index in [9.17, 15) is 9.90 Å². The highest BCUT2D eigenvalue weighted by atomic mass is 16.5. The number of hydrogen-bond acceptors (Lipinski definition) is 3. The van der Waals surface area contributed by atoms with Crippen molar-refractivity contribution in [1.82, 2.24) is 0 Å². The van der Waals surface area contributed by atoms with Crippen molar-refractivity contribution in [3.63, 3.8) is 0 Å². The molecule has 1 aliphatic heterocycles. The molecule has 18 heavy (non-hydrogen) atoms. The number of benzene rings is 1. The molecule has 0 spiro atoms. The summed E-state index contributed by atoms with van der Waals surface area (Å²) in [6.45, 7) is 3.02. The van der Waals surface area contributed by atoms with Crippen molar-refractivity contribution in [2.75, 3.05) is 25.2 Å². The third-order valence-electron chi connectivity index (χ3n) is 3.78. The van der Waals surface area contributed by atoms with Crippen LogP contribution in [-0.4, -0.2) is 36.9 Å². The molecule has 0 aliphatic carbocycles. The minimum Gasteiger partial charge on any atom is -0.479 e. The number of nitrogens with zero attached hydrogens (tertiary/aromatic N) is 1. The minimum atomic E-state index is -0.840. The Morgan fingerprint density at radius 2 is 1.83 bits per heavy atom. The quantitative estimate of drug-likeness (QED) is 0.891. The lowest BCUT2D eigenvalue weighted by molar-refractivity contribution is -0.147. The zero-order valence-electron chi connectivity index (χ0n) is 10.8. The van der Waals surface area contributed by atoms with Crippen LogP contribution in [0, 0.1) is 6.92 Å². The maximum atomic E-state index is 11.7. The molecule has 0 unspecified atom stereocenters. The fourth-order valence-electron chi connectivity index (χ4n) is 2.42. The largest absolute Gasteiger partial charge is 0.479 e. The number of carbonyl (C=O) groups is 1. The Morgan fingerprint density at radius 1 is 1.28 bits per heavy atom. The fraction of sp³-hybridized carbons (Fsp3) is 0.500. The van der Waals surface area contributed by atoms with Gasteiger partial charge >= 0.3 is 5.97 Å². The van der Waals surface area contributed by atoms with E-state index in [1.807, 2.05) is 43.1 Å². The number of hydrogen-bond donors (Lipinski definition) is 1. The summed E-state index contributed by atoms with van der Waals surface area (Å²) < 4.78 is 5.29. The summed E-state index contributed by atoms with van der Waals surface area (Å²) in [4.78, 5) is 13.5. The number of aliphatic carboxylic acids is 1. The minimum absolute atomic E-state index is 0.502. The Kier molecular flexibility index (Phi) is 3.57. The van der Waals surface area contributed by atoms with Crippen molar-refractivity contribution < 1.29 is 14.6 Å². The number of carboxylic acids is 1. The molecule has 1 aromatic carbocycles. The van der Waals surface area contributed by atoms with Crippen LogP contribution in [0.1, 0.15) is 18.4 Å². The van der Waals surface area contributed by atoms with Gasteiger partial charge in [0.05, 0.1) is 0 Å². The van der Waals surface area contributed by atoms with E-state index in [2.05, 4.69) is 0 Å². The van der Waals surface area contributed by atoms with Gasteiger partial charge in [0.1, 0.15) is 5.54 Å². The Bertz CT molecular complexity index is 421. The van der Waals surface area contributed by atoms with Crippen LogP contribution in [0.4, 0.5) is 5.69 Å². The van der Waals surface area contributed by atoms with Gasteiger partial charge in [-0.1, -0.05) is 17.7 Å². The van der Waals surface area contributed by atoms with Crippen LogP contribution < -0.4 is 4.90 Å². The molecule has 0 bridgehead atoms. The van der Waals surface area contributed by atoms with E-state index in [1.54, 1.807) is 0 Å². The number of ether oxygens (including phenoxy) is 1. The van der Waals surface area contributed by atoms with Crippen LogP contribution >= 0.6 is 0 Å². The first-order valence-electron chi connectivity index (χ1n) is 6.18. The highest BCUT2D eigenvalue weighted by Gasteiger charge is 2.44. The third kappa shape index (κ3) is 2.20. The monoisotopic (exact) mass is 249 g/mol. The van der Waals surface area contributed by atoms with Crippen molar-refractivity contribution in [3.8, 4) is 0 Å². The molecule has 1 saturated heterocycles. The van der Waals surface area contributed by atoms with Crippen molar-refractivity contribution in [2.24, 2.45) is 0 Å². The topological polar surface area (TPSA) is 49.8 Å². The molecule has 4 nitrogen and oxygen atoms in total. The van der Waals surface area contributed by atoms with Gasteiger partial charge in [0, 0.05) is 38.8 Å². The number of carboxylic acid groups (broad SMARTS) is 1. The number of rotatable bonds is 3. The molecule has 98 valence electrons. The molecular formula is C14H19NO3. The van der Waals surface area contributed by atoms with Crippen molar-refractivity contribution in [1.29, 1.82) is 0 Å². The second-order valence-electron chi connectivity index (χ2n) is 4.84. The van der Waals surface area contributed by atoms with Crippen molar-refractivity contribution >= 4 is 11.7 Å². The maximum Gasteiger partial charge on any atom is 0.329 e. The lowest BCUT2D eigenvalue weighted by Gasteiger charge is -2.42. The van der Waals surface area contributed by atoms with Crippen molar-refractivity contribution in [3.05, 3.63) is 29.8 Å². The van der Waals surface area contributed by atoms with Gasteiger partial charge in [-0.2, -0.15) is 0 Å². The van der Waals surface area contributed by atoms with Crippen LogP contribution in [0.15, 0.2) is 24.3 Å². The molecule has 0 saturated carbocycles. The summed E-state index contributed by atoms with van der Waals surface area (Å²) in [6, 6.07) is 7.94. The van der Waals surface area contributed by atoms with Gasteiger partial charge in [-0.25, -0.2) is 4.79 Å². The summed E-state index contributed by atoms with van der Waals surface area (Å²) in [5.74, 6) is -0.770. The number of likely N-dealkylation sites (N-methyl/N-ethyl adjacent to an activating group) is 1. The first-order valence-corrected chi connectivity index (χ1v) is 6.18. The van der Waals surface area contributed by atoms with E-state index >= 15 is 0 Å². The maximum absolute atomic E-state index is 11.7. The highest BCUT2D eigenvalue weighted by Crippen LogP contribution is 2.31. The Labute approximate surface area is 107 Å². The van der Waals surface area contributed by atoms with E-state index in [4.69, 9.17) is 4.74 Å². The smallest absolute Gasteiger partial charge is 0.329 e. The van der Waals surface area contributed by atoms with Crippen LogP contribution in [0.3, 0.4) is 0 Å². The Balaban J connectivity index is 2.30. The van der Waals surface area contributed by atoms with Crippen LogP contribution in [0.5, 0.6) is 0 Å². The molecule has 0 atom stereocenters. The molecule has 0 radical (unpaired) electrons. The first-order chi connectivity index (χ1) is 8.56. The summed E-state index contributed by atoms with van der Waals surface area (Å²) in [5, 5.41) is 9.58. The van der Waals surface area contributed by atoms with Gasteiger partial charge < -0.3 is 14.7 Å². The third-order valence-corrected chi connectivity index (χ3v) is 3.78. The average molecular weight is 249 g/mol. The van der Waals surface area contributed by atoms with E-state index in [0.29, 0.717) is 26.1 Å². The molecule has 1 fully saturated rings. The van der Waals surface area contributed by atoms with Crippen LogP contribution in [0.25, 0.3) is 0 Å². The number of aryl methyl sites for hydroxylation is 1. The summed E-state index contributed by atoms with van der Waals surface area (Å²) in [5.41, 5.74) is 1.27. The van der Waals surface area contributed by atoms with Crippen LogP contribution in [-0.2, 0) is 9.53 Å². The zero-order chi connectivity index (χ0) is 13.2.